The summed E-state index contributed by atoms with van der Waals surface area (Å²) in [7, 11) is 1.57. The average molecular weight is 241 g/mol. The molecule has 0 N–H and O–H groups in total. The van der Waals surface area contributed by atoms with E-state index in [1.54, 1.807) is 11.3 Å². The SMILES string of the molecule is O=S(=O)(Cl)CCOCc1cccs1. The van der Waals surface area contributed by atoms with Gasteiger partial charge in [-0.2, -0.15) is 0 Å². The van der Waals surface area contributed by atoms with Crippen molar-refractivity contribution in [3.05, 3.63) is 22.4 Å². The van der Waals surface area contributed by atoms with E-state index in [4.69, 9.17) is 15.4 Å². The molecule has 0 aliphatic rings. The number of thiophene rings is 1. The van der Waals surface area contributed by atoms with Gasteiger partial charge in [0.05, 0.1) is 19.0 Å². The van der Waals surface area contributed by atoms with E-state index in [1.807, 2.05) is 17.5 Å². The molecule has 0 aliphatic carbocycles. The highest BCUT2D eigenvalue weighted by atomic mass is 35.7. The van der Waals surface area contributed by atoms with Crippen LogP contribution in [0, 0.1) is 0 Å². The lowest BCUT2D eigenvalue weighted by molar-refractivity contribution is 0.138. The summed E-state index contributed by atoms with van der Waals surface area (Å²) in [6.07, 6.45) is 0. The zero-order valence-electron chi connectivity index (χ0n) is 6.77. The van der Waals surface area contributed by atoms with Crippen molar-refractivity contribution < 1.29 is 13.2 Å². The predicted octanol–water partition coefficient (Wildman–Crippen LogP) is 1.83. The van der Waals surface area contributed by atoms with Gasteiger partial charge in [-0.05, 0) is 11.4 Å². The van der Waals surface area contributed by atoms with Crippen molar-refractivity contribution in [2.24, 2.45) is 0 Å². The quantitative estimate of drug-likeness (QED) is 0.583. The van der Waals surface area contributed by atoms with Crippen LogP contribution in [0.5, 0.6) is 0 Å². The normalized spacial score (nSPS) is 11.8. The first kappa shape index (κ1) is 11.0. The van der Waals surface area contributed by atoms with E-state index in [2.05, 4.69) is 0 Å². The highest BCUT2D eigenvalue weighted by Gasteiger charge is 2.04. The number of ether oxygens (including phenoxy) is 1. The van der Waals surface area contributed by atoms with E-state index < -0.39 is 9.05 Å². The Kier molecular flexibility index (Phi) is 4.18. The molecule has 0 saturated heterocycles. The maximum atomic E-state index is 10.5. The molecule has 0 radical (unpaired) electrons. The summed E-state index contributed by atoms with van der Waals surface area (Å²) in [6.45, 7) is 0.591. The molecule has 0 saturated carbocycles. The van der Waals surface area contributed by atoms with Crippen LogP contribution in [0.25, 0.3) is 0 Å². The number of halogens is 1. The zero-order chi connectivity index (χ0) is 9.73. The molecular formula is C7H9ClO3S2. The van der Waals surface area contributed by atoms with E-state index in [0.29, 0.717) is 6.61 Å². The third-order valence-electron chi connectivity index (χ3n) is 1.30. The molecule has 0 spiro atoms. The zero-order valence-corrected chi connectivity index (χ0v) is 9.16. The predicted molar refractivity (Wildman–Crippen MR) is 53.6 cm³/mol. The van der Waals surface area contributed by atoms with Crippen LogP contribution in [0.2, 0.25) is 0 Å². The van der Waals surface area contributed by atoms with Gasteiger partial charge in [-0.1, -0.05) is 6.07 Å². The van der Waals surface area contributed by atoms with Crippen LogP contribution in [0.15, 0.2) is 17.5 Å². The fourth-order valence-electron chi connectivity index (χ4n) is 0.726. The van der Waals surface area contributed by atoms with Gasteiger partial charge in [0.1, 0.15) is 0 Å². The molecule has 0 fully saturated rings. The highest BCUT2D eigenvalue weighted by molar-refractivity contribution is 8.13. The van der Waals surface area contributed by atoms with Crippen LogP contribution in [0.4, 0.5) is 0 Å². The summed E-state index contributed by atoms with van der Waals surface area (Å²) in [5, 5.41) is 1.94. The van der Waals surface area contributed by atoms with E-state index >= 15 is 0 Å². The molecule has 74 valence electrons. The van der Waals surface area contributed by atoms with Crippen molar-refractivity contribution in [1.29, 1.82) is 0 Å². The van der Waals surface area contributed by atoms with Crippen molar-refractivity contribution in [3.63, 3.8) is 0 Å². The summed E-state index contributed by atoms with van der Waals surface area (Å²) < 4.78 is 26.1. The number of hydrogen-bond donors (Lipinski definition) is 0. The molecule has 1 rings (SSSR count). The van der Waals surface area contributed by atoms with Crippen LogP contribution in [-0.4, -0.2) is 20.8 Å². The summed E-state index contributed by atoms with van der Waals surface area (Å²) >= 11 is 1.57. The fraction of sp³-hybridized carbons (Fsp3) is 0.429. The van der Waals surface area contributed by atoms with Gasteiger partial charge in [0.25, 0.3) is 0 Å². The van der Waals surface area contributed by atoms with E-state index in [-0.39, 0.29) is 12.4 Å². The molecular weight excluding hydrogens is 232 g/mol. The Bertz CT molecular complexity index is 331. The van der Waals surface area contributed by atoms with E-state index in [9.17, 15) is 8.42 Å². The molecule has 0 bridgehead atoms. The van der Waals surface area contributed by atoms with Crippen LogP contribution < -0.4 is 0 Å². The molecule has 6 heteroatoms. The first-order chi connectivity index (χ1) is 6.08. The van der Waals surface area contributed by atoms with Gasteiger partial charge in [-0.3, -0.25) is 0 Å². The lowest BCUT2D eigenvalue weighted by Gasteiger charge is -1.99. The Morgan fingerprint density at radius 3 is 2.85 bits per heavy atom. The molecule has 1 heterocycles. The van der Waals surface area contributed by atoms with Crippen LogP contribution >= 0.6 is 22.0 Å². The molecule has 0 unspecified atom stereocenters. The standard InChI is InChI=1S/C7H9ClO3S2/c8-13(9,10)5-3-11-6-7-2-1-4-12-7/h1-2,4H,3,5-6H2. The van der Waals surface area contributed by atoms with Gasteiger partial charge < -0.3 is 4.74 Å². The van der Waals surface area contributed by atoms with Crippen LogP contribution in [0.3, 0.4) is 0 Å². The smallest absolute Gasteiger partial charge is 0.234 e. The van der Waals surface area contributed by atoms with Gasteiger partial charge in [-0.25, -0.2) is 8.42 Å². The summed E-state index contributed by atoms with van der Waals surface area (Å²) in [5.41, 5.74) is 0. The molecule has 0 aliphatic heterocycles. The molecule has 1 aromatic rings. The summed E-state index contributed by atoms with van der Waals surface area (Å²) in [4.78, 5) is 1.08. The van der Waals surface area contributed by atoms with Crippen molar-refractivity contribution in [2.45, 2.75) is 6.61 Å². The van der Waals surface area contributed by atoms with Crippen molar-refractivity contribution in [1.82, 2.24) is 0 Å². The Morgan fingerprint density at radius 2 is 2.31 bits per heavy atom. The minimum atomic E-state index is -3.41. The number of hydrogen-bond acceptors (Lipinski definition) is 4. The second-order valence-electron chi connectivity index (χ2n) is 2.37. The van der Waals surface area contributed by atoms with Gasteiger partial charge >= 0.3 is 0 Å². The van der Waals surface area contributed by atoms with Crippen molar-refractivity contribution in [2.75, 3.05) is 12.4 Å². The third-order valence-corrected chi connectivity index (χ3v) is 3.26. The Morgan fingerprint density at radius 1 is 1.54 bits per heavy atom. The molecule has 0 amide bonds. The van der Waals surface area contributed by atoms with Gasteiger partial charge in [0, 0.05) is 15.6 Å². The van der Waals surface area contributed by atoms with Crippen molar-refractivity contribution >= 4 is 31.1 Å². The summed E-state index contributed by atoms with van der Waals surface area (Å²) in [6, 6.07) is 3.85. The third kappa shape index (κ3) is 5.25. The largest absolute Gasteiger partial charge is 0.375 e. The molecule has 3 nitrogen and oxygen atoms in total. The Balaban J connectivity index is 2.16. The maximum absolute atomic E-state index is 10.5. The van der Waals surface area contributed by atoms with E-state index in [0.717, 1.165) is 4.88 Å². The second-order valence-corrected chi connectivity index (χ2v) is 6.30. The van der Waals surface area contributed by atoms with Gasteiger partial charge in [0.2, 0.25) is 9.05 Å². The molecule has 13 heavy (non-hydrogen) atoms. The Hall–Kier alpha value is -0.100. The van der Waals surface area contributed by atoms with Crippen molar-refractivity contribution in [3.8, 4) is 0 Å². The Labute approximate surface area is 85.7 Å². The lowest BCUT2D eigenvalue weighted by Crippen LogP contribution is -2.05. The first-order valence-corrected chi connectivity index (χ1v) is 6.96. The first-order valence-electron chi connectivity index (χ1n) is 3.60. The maximum Gasteiger partial charge on any atom is 0.234 e. The minimum absolute atomic E-state index is 0.139. The fourth-order valence-corrected chi connectivity index (χ4v) is 1.87. The van der Waals surface area contributed by atoms with Crippen LogP contribution in [-0.2, 0) is 20.4 Å². The average Bonchev–Trinajstić information content (AvgIpc) is 2.48. The number of rotatable bonds is 5. The van der Waals surface area contributed by atoms with E-state index in [1.165, 1.54) is 0 Å². The highest BCUT2D eigenvalue weighted by Crippen LogP contribution is 2.09. The lowest BCUT2D eigenvalue weighted by atomic mass is 10.5. The summed E-state index contributed by atoms with van der Waals surface area (Å²) in [5.74, 6) is -0.139. The van der Waals surface area contributed by atoms with Gasteiger partial charge in [-0.15, -0.1) is 11.3 Å². The monoisotopic (exact) mass is 240 g/mol. The minimum Gasteiger partial charge on any atom is -0.375 e. The van der Waals surface area contributed by atoms with Crippen LogP contribution in [0.1, 0.15) is 4.88 Å². The molecule has 0 atom stereocenters. The molecule has 1 aromatic heterocycles. The second kappa shape index (κ2) is 4.95. The van der Waals surface area contributed by atoms with Gasteiger partial charge in [0.15, 0.2) is 0 Å². The topological polar surface area (TPSA) is 43.4 Å². The molecule has 0 aromatic carbocycles.